The fourth-order valence-corrected chi connectivity index (χ4v) is 2.35. The molecule has 0 aliphatic carbocycles. The Kier molecular flexibility index (Phi) is 3.06. The second-order valence-corrected chi connectivity index (χ2v) is 4.37. The summed E-state index contributed by atoms with van der Waals surface area (Å²) < 4.78 is 10.8. The number of methoxy groups -OCH3 is 2. The maximum atomic E-state index is 5.49. The summed E-state index contributed by atoms with van der Waals surface area (Å²) in [7, 11) is 3.40. The molecule has 3 heteroatoms. The van der Waals surface area contributed by atoms with Crippen LogP contribution < -0.4 is 14.8 Å². The van der Waals surface area contributed by atoms with Crippen LogP contribution in [0.1, 0.15) is 30.5 Å². The molecule has 1 N–H and O–H groups in total. The lowest BCUT2D eigenvalue weighted by atomic mass is 9.90. The van der Waals surface area contributed by atoms with E-state index in [1.807, 2.05) is 13.0 Å². The van der Waals surface area contributed by atoms with E-state index in [4.69, 9.17) is 9.47 Å². The minimum atomic E-state index is 0.426. The largest absolute Gasteiger partial charge is 0.496 e. The van der Waals surface area contributed by atoms with Gasteiger partial charge >= 0.3 is 0 Å². The van der Waals surface area contributed by atoms with Gasteiger partial charge < -0.3 is 14.8 Å². The Bertz CT molecular complexity index is 384. The maximum Gasteiger partial charge on any atom is 0.130 e. The Hall–Kier alpha value is -1.22. The van der Waals surface area contributed by atoms with E-state index in [-0.39, 0.29) is 0 Å². The summed E-state index contributed by atoms with van der Waals surface area (Å²) in [5.41, 5.74) is 2.31. The van der Waals surface area contributed by atoms with Gasteiger partial charge in [0.25, 0.3) is 0 Å². The normalized spacial score (nSPS) is 23.8. The van der Waals surface area contributed by atoms with Crippen LogP contribution in [0.2, 0.25) is 0 Å². The zero-order valence-electron chi connectivity index (χ0n) is 10.3. The first kappa shape index (κ1) is 11.3. The van der Waals surface area contributed by atoms with Gasteiger partial charge in [0.15, 0.2) is 0 Å². The Morgan fingerprint density at radius 2 is 1.94 bits per heavy atom. The third-order valence-electron chi connectivity index (χ3n) is 3.26. The summed E-state index contributed by atoms with van der Waals surface area (Å²) >= 11 is 0. The van der Waals surface area contributed by atoms with E-state index in [1.54, 1.807) is 14.2 Å². The predicted molar refractivity (Wildman–Crippen MR) is 64.2 cm³/mol. The van der Waals surface area contributed by atoms with Crippen LogP contribution in [-0.4, -0.2) is 20.3 Å². The molecule has 2 rings (SSSR count). The smallest absolute Gasteiger partial charge is 0.130 e. The van der Waals surface area contributed by atoms with E-state index in [0.29, 0.717) is 12.1 Å². The highest BCUT2D eigenvalue weighted by Gasteiger charge is 2.29. The van der Waals surface area contributed by atoms with Crippen LogP contribution in [0.3, 0.4) is 0 Å². The highest BCUT2D eigenvalue weighted by Crippen LogP contribution is 2.39. The van der Waals surface area contributed by atoms with Crippen molar-refractivity contribution >= 4 is 0 Å². The minimum absolute atomic E-state index is 0.426. The fourth-order valence-electron chi connectivity index (χ4n) is 2.35. The van der Waals surface area contributed by atoms with E-state index in [0.717, 1.165) is 17.1 Å². The molecule has 88 valence electrons. The van der Waals surface area contributed by atoms with E-state index in [9.17, 15) is 0 Å². The van der Waals surface area contributed by atoms with Gasteiger partial charge in [0.05, 0.1) is 14.2 Å². The summed E-state index contributed by atoms with van der Waals surface area (Å²) in [6, 6.07) is 5.14. The number of hydrogen-bond donors (Lipinski definition) is 1. The lowest BCUT2D eigenvalue weighted by molar-refractivity contribution is 0.277. The average molecular weight is 221 g/mol. The standard InChI is InChI=1S/C13H19NO2/c1-8-7-11(14-8)10-5-6-12(15-3)9(2)13(10)16-4/h5-6,8,11,14H,7H2,1-4H3. The van der Waals surface area contributed by atoms with Gasteiger partial charge in [-0.3, -0.25) is 0 Å². The molecule has 3 nitrogen and oxygen atoms in total. The number of ether oxygens (including phenoxy) is 2. The van der Waals surface area contributed by atoms with Crippen molar-refractivity contribution in [2.45, 2.75) is 32.4 Å². The molecule has 1 fully saturated rings. The van der Waals surface area contributed by atoms with Crippen LogP contribution in [0.25, 0.3) is 0 Å². The molecule has 0 bridgehead atoms. The minimum Gasteiger partial charge on any atom is -0.496 e. The fraction of sp³-hybridized carbons (Fsp3) is 0.538. The number of hydrogen-bond acceptors (Lipinski definition) is 3. The average Bonchev–Trinajstić information content (AvgIpc) is 2.24. The van der Waals surface area contributed by atoms with Crippen molar-refractivity contribution in [1.82, 2.24) is 5.32 Å². The first-order valence-corrected chi connectivity index (χ1v) is 5.65. The highest BCUT2D eigenvalue weighted by molar-refractivity contribution is 5.51. The molecule has 1 aliphatic rings. The molecule has 1 saturated heterocycles. The van der Waals surface area contributed by atoms with E-state index < -0.39 is 0 Å². The summed E-state index contributed by atoms with van der Waals surface area (Å²) in [5, 5.41) is 3.48. The van der Waals surface area contributed by atoms with Crippen molar-refractivity contribution in [3.05, 3.63) is 23.3 Å². The van der Waals surface area contributed by atoms with Crippen LogP contribution in [-0.2, 0) is 0 Å². The third kappa shape index (κ3) is 1.76. The lowest BCUT2D eigenvalue weighted by Gasteiger charge is -2.36. The van der Waals surface area contributed by atoms with Crippen molar-refractivity contribution < 1.29 is 9.47 Å². The number of benzene rings is 1. The van der Waals surface area contributed by atoms with Crippen LogP contribution in [0.5, 0.6) is 11.5 Å². The molecule has 2 unspecified atom stereocenters. The second kappa shape index (κ2) is 4.34. The zero-order valence-corrected chi connectivity index (χ0v) is 10.3. The van der Waals surface area contributed by atoms with Crippen LogP contribution in [0, 0.1) is 6.92 Å². The van der Waals surface area contributed by atoms with Gasteiger partial charge in [-0.15, -0.1) is 0 Å². The Balaban J connectivity index is 2.35. The summed E-state index contributed by atoms with van der Waals surface area (Å²) in [5.74, 6) is 1.83. The van der Waals surface area contributed by atoms with Crippen molar-refractivity contribution in [3.8, 4) is 11.5 Å². The van der Waals surface area contributed by atoms with Crippen LogP contribution in [0.4, 0.5) is 0 Å². The maximum absolute atomic E-state index is 5.49. The number of rotatable bonds is 3. The molecule has 0 spiro atoms. The lowest BCUT2D eigenvalue weighted by Crippen LogP contribution is -2.43. The van der Waals surface area contributed by atoms with E-state index >= 15 is 0 Å². The van der Waals surface area contributed by atoms with Gasteiger partial charge in [0, 0.05) is 23.2 Å². The van der Waals surface area contributed by atoms with Gasteiger partial charge in [0.2, 0.25) is 0 Å². The molecule has 1 aromatic rings. The summed E-state index contributed by atoms with van der Waals surface area (Å²) in [4.78, 5) is 0. The molecule has 1 heterocycles. The van der Waals surface area contributed by atoms with Crippen molar-refractivity contribution in [3.63, 3.8) is 0 Å². The first-order chi connectivity index (χ1) is 7.67. The van der Waals surface area contributed by atoms with Crippen molar-refractivity contribution in [2.75, 3.05) is 14.2 Å². The molecule has 0 aromatic heterocycles. The summed E-state index contributed by atoms with van der Waals surface area (Å²) in [6.07, 6.45) is 1.17. The van der Waals surface area contributed by atoms with Crippen LogP contribution in [0.15, 0.2) is 12.1 Å². The Labute approximate surface area is 96.8 Å². The molecule has 0 saturated carbocycles. The molecular weight excluding hydrogens is 202 g/mol. The van der Waals surface area contributed by atoms with E-state index in [1.165, 1.54) is 12.0 Å². The Morgan fingerprint density at radius 1 is 1.25 bits per heavy atom. The Morgan fingerprint density at radius 3 is 2.44 bits per heavy atom. The quantitative estimate of drug-likeness (QED) is 0.850. The molecule has 1 aliphatic heterocycles. The van der Waals surface area contributed by atoms with Crippen molar-refractivity contribution in [1.29, 1.82) is 0 Å². The van der Waals surface area contributed by atoms with Crippen molar-refractivity contribution in [2.24, 2.45) is 0 Å². The third-order valence-corrected chi connectivity index (χ3v) is 3.26. The zero-order chi connectivity index (χ0) is 11.7. The van der Waals surface area contributed by atoms with Gasteiger partial charge in [-0.2, -0.15) is 0 Å². The second-order valence-electron chi connectivity index (χ2n) is 4.37. The topological polar surface area (TPSA) is 30.5 Å². The summed E-state index contributed by atoms with van der Waals surface area (Å²) in [6.45, 7) is 4.22. The first-order valence-electron chi connectivity index (χ1n) is 5.65. The highest BCUT2D eigenvalue weighted by atomic mass is 16.5. The molecule has 2 atom stereocenters. The monoisotopic (exact) mass is 221 g/mol. The molecular formula is C13H19NO2. The van der Waals surface area contributed by atoms with Gasteiger partial charge in [-0.1, -0.05) is 6.07 Å². The number of nitrogens with one attached hydrogen (secondary N) is 1. The van der Waals surface area contributed by atoms with Gasteiger partial charge in [-0.05, 0) is 26.3 Å². The predicted octanol–water partition coefficient (Wildman–Crippen LogP) is 2.44. The van der Waals surface area contributed by atoms with E-state index in [2.05, 4.69) is 18.3 Å². The molecule has 0 radical (unpaired) electrons. The van der Waals surface area contributed by atoms with Gasteiger partial charge in [-0.25, -0.2) is 0 Å². The van der Waals surface area contributed by atoms with Gasteiger partial charge in [0.1, 0.15) is 11.5 Å². The molecule has 0 amide bonds. The van der Waals surface area contributed by atoms with Crippen LogP contribution >= 0.6 is 0 Å². The molecule has 16 heavy (non-hydrogen) atoms. The SMILES string of the molecule is COc1ccc(C2CC(C)N2)c(OC)c1C. The molecule has 1 aromatic carbocycles.